The van der Waals surface area contributed by atoms with Crippen LogP contribution in [0.4, 0.5) is 11.4 Å². The van der Waals surface area contributed by atoms with Gasteiger partial charge in [0.25, 0.3) is 5.91 Å². The third-order valence-corrected chi connectivity index (χ3v) is 6.08. The molecule has 168 valence electrons. The van der Waals surface area contributed by atoms with Gasteiger partial charge in [-0.3, -0.25) is 4.79 Å². The van der Waals surface area contributed by atoms with E-state index in [0.717, 1.165) is 34.5 Å². The van der Waals surface area contributed by atoms with E-state index in [2.05, 4.69) is 29.3 Å². The zero-order valence-electron chi connectivity index (χ0n) is 18.9. The Balaban J connectivity index is 1.57. The maximum atomic E-state index is 13.3. The third-order valence-electron chi connectivity index (χ3n) is 6.08. The van der Waals surface area contributed by atoms with Gasteiger partial charge in [0.2, 0.25) is 5.84 Å². The summed E-state index contributed by atoms with van der Waals surface area (Å²) in [5, 5.41) is 9.72. The van der Waals surface area contributed by atoms with Gasteiger partial charge < -0.3 is 19.7 Å². The van der Waals surface area contributed by atoms with Gasteiger partial charge in [0, 0.05) is 17.8 Å². The maximum Gasteiger partial charge on any atom is 0.293 e. The molecule has 1 N–H and O–H groups in total. The van der Waals surface area contributed by atoms with Crippen LogP contribution in [-0.2, 0) is 11.2 Å². The molecule has 0 aromatic heterocycles. The number of hydrogen-bond donors (Lipinski definition) is 1. The summed E-state index contributed by atoms with van der Waals surface area (Å²) in [5.74, 6) is 1.52. The second kappa shape index (κ2) is 8.50. The number of aryl methyl sites for hydroxylation is 1. The number of amides is 1. The highest BCUT2D eigenvalue weighted by Gasteiger charge is 2.43. The van der Waals surface area contributed by atoms with Crippen molar-refractivity contribution in [2.45, 2.75) is 19.5 Å². The monoisotopic (exact) mass is 442 g/mol. The largest absolute Gasteiger partial charge is 0.493 e. The predicted octanol–water partition coefficient (Wildman–Crippen LogP) is 4.34. The number of hydrogen-bond acceptors (Lipinski definition) is 6. The number of nitrogens with zero attached hydrogens (tertiary/aromatic N) is 3. The van der Waals surface area contributed by atoms with Crippen LogP contribution in [0.3, 0.4) is 0 Å². The zero-order chi connectivity index (χ0) is 22.9. The van der Waals surface area contributed by atoms with Gasteiger partial charge in [-0.25, -0.2) is 5.01 Å². The van der Waals surface area contributed by atoms with Gasteiger partial charge in [-0.05, 0) is 55.3 Å². The van der Waals surface area contributed by atoms with Crippen molar-refractivity contribution < 1.29 is 14.3 Å². The average molecular weight is 443 g/mol. The molecule has 5 rings (SSSR count). The Labute approximate surface area is 193 Å². The molecule has 0 spiro atoms. The molecule has 7 nitrogen and oxygen atoms in total. The minimum Gasteiger partial charge on any atom is -0.493 e. The van der Waals surface area contributed by atoms with Crippen molar-refractivity contribution in [1.82, 2.24) is 4.90 Å². The van der Waals surface area contributed by atoms with E-state index in [1.54, 1.807) is 14.2 Å². The van der Waals surface area contributed by atoms with E-state index < -0.39 is 0 Å². The van der Waals surface area contributed by atoms with Crippen molar-refractivity contribution >= 4 is 23.1 Å². The van der Waals surface area contributed by atoms with E-state index in [4.69, 9.17) is 14.6 Å². The number of ether oxygens (including phenoxy) is 2. The molecular formula is C26H26N4O3. The Morgan fingerprint density at radius 2 is 1.70 bits per heavy atom. The van der Waals surface area contributed by atoms with E-state index in [-0.39, 0.29) is 12.1 Å². The molecule has 3 aromatic rings. The first-order chi connectivity index (χ1) is 16.1. The molecule has 0 fully saturated rings. The first-order valence-corrected chi connectivity index (χ1v) is 10.9. The summed E-state index contributed by atoms with van der Waals surface area (Å²) >= 11 is 0. The van der Waals surface area contributed by atoms with Crippen LogP contribution in [0.15, 0.2) is 71.8 Å². The van der Waals surface area contributed by atoms with Crippen molar-refractivity contribution in [2.24, 2.45) is 5.10 Å². The summed E-state index contributed by atoms with van der Waals surface area (Å²) < 4.78 is 11.1. The molecule has 3 aromatic carbocycles. The van der Waals surface area contributed by atoms with Crippen LogP contribution in [0.5, 0.6) is 11.5 Å². The van der Waals surface area contributed by atoms with Crippen LogP contribution in [0.25, 0.3) is 0 Å². The summed E-state index contributed by atoms with van der Waals surface area (Å²) in [6.07, 6.45) is 0.513. The number of carbonyl (C=O) groups is 1. The lowest BCUT2D eigenvalue weighted by Crippen LogP contribution is -2.44. The van der Waals surface area contributed by atoms with Crippen molar-refractivity contribution in [2.75, 3.05) is 31.1 Å². The van der Waals surface area contributed by atoms with Gasteiger partial charge in [-0.1, -0.05) is 35.9 Å². The number of benzene rings is 3. The lowest BCUT2D eigenvalue weighted by atomic mass is 9.95. The van der Waals surface area contributed by atoms with Crippen LogP contribution < -0.4 is 19.8 Å². The van der Waals surface area contributed by atoms with E-state index >= 15 is 0 Å². The summed E-state index contributed by atoms with van der Waals surface area (Å²) in [6, 6.07) is 21.6. The lowest BCUT2D eigenvalue weighted by molar-refractivity contribution is -0.111. The smallest absolute Gasteiger partial charge is 0.293 e. The molecule has 7 heteroatoms. The number of rotatable bonds is 5. The molecule has 0 aliphatic carbocycles. The van der Waals surface area contributed by atoms with E-state index in [0.29, 0.717) is 23.9 Å². The minimum atomic E-state index is -0.257. The standard InChI is InChI=1S/C26H26N4O3/c1-17-9-11-20(12-10-17)30-26-21-16-23(33-3)22(32-2)15-18(21)13-14-29(26)24(28-30)25(31)27-19-7-5-4-6-8-19/h4-12,15-16,26H,13-14H2,1-3H3,(H,27,31). The maximum absolute atomic E-state index is 13.3. The number of amidine groups is 1. The quantitative estimate of drug-likeness (QED) is 0.637. The highest BCUT2D eigenvalue weighted by atomic mass is 16.5. The van der Waals surface area contributed by atoms with E-state index in [1.165, 1.54) is 0 Å². The van der Waals surface area contributed by atoms with Crippen LogP contribution in [0.2, 0.25) is 0 Å². The fourth-order valence-corrected chi connectivity index (χ4v) is 4.41. The molecule has 2 aliphatic heterocycles. The van der Waals surface area contributed by atoms with Crippen molar-refractivity contribution in [3.05, 3.63) is 83.4 Å². The number of nitrogens with one attached hydrogen (secondary N) is 1. The van der Waals surface area contributed by atoms with Crippen LogP contribution >= 0.6 is 0 Å². The Bertz CT molecular complexity index is 1210. The first kappa shape index (κ1) is 20.9. The van der Waals surface area contributed by atoms with Gasteiger partial charge in [-0.2, -0.15) is 0 Å². The number of fused-ring (bicyclic) bond motifs is 3. The average Bonchev–Trinajstić information content (AvgIpc) is 3.24. The van der Waals surface area contributed by atoms with Crippen molar-refractivity contribution in [3.8, 4) is 11.5 Å². The summed E-state index contributed by atoms with van der Waals surface area (Å²) in [7, 11) is 3.27. The van der Waals surface area contributed by atoms with Gasteiger partial charge in [0.05, 0.1) is 19.9 Å². The summed E-state index contributed by atoms with van der Waals surface area (Å²) in [4.78, 5) is 15.3. The number of hydrazone groups is 1. The normalized spacial score (nSPS) is 16.6. The molecule has 1 amide bonds. The Hall–Kier alpha value is -4.00. The zero-order valence-corrected chi connectivity index (χ0v) is 18.9. The fourth-order valence-electron chi connectivity index (χ4n) is 4.41. The minimum absolute atomic E-state index is 0.232. The third kappa shape index (κ3) is 3.75. The molecule has 2 heterocycles. The van der Waals surface area contributed by atoms with Crippen LogP contribution in [0.1, 0.15) is 22.9 Å². The topological polar surface area (TPSA) is 66.4 Å². The predicted molar refractivity (Wildman–Crippen MR) is 129 cm³/mol. The van der Waals surface area contributed by atoms with Gasteiger partial charge >= 0.3 is 0 Å². The second-order valence-corrected chi connectivity index (χ2v) is 8.15. The second-order valence-electron chi connectivity index (χ2n) is 8.15. The van der Waals surface area contributed by atoms with Crippen LogP contribution in [-0.4, -0.2) is 37.4 Å². The van der Waals surface area contributed by atoms with E-state index in [9.17, 15) is 4.79 Å². The van der Waals surface area contributed by atoms with Crippen molar-refractivity contribution in [1.29, 1.82) is 0 Å². The number of carbonyl (C=O) groups excluding carboxylic acids is 1. The molecule has 33 heavy (non-hydrogen) atoms. The number of anilines is 2. The number of methoxy groups -OCH3 is 2. The van der Waals surface area contributed by atoms with Gasteiger partial charge in [0.1, 0.15) is 0 Å². The Morgan fingerprint density at radius 1 is 1.00 bits per heavy atom. The number of para-hydroxylation sites is 1. The SMILES string of the molecule is COc1cc2c(cc1OC)C1N(CC2)C(C(=O)Nc2ccccc2)=NN1c1ccc(C)cc1. The lowest BCUT2D eigenvalue weighted by Gasteiger charge is -2.37. The molecule has 1 unspecified atom stereocenters. The highest BCUT2D eigenvalue weighted by molar-refractivity contribution is 6.42. The van der Waals surface area contributed by atoms with Gasteiger partial charge in [0.15, 0.2) is 17.7 Å². The first-order valence-electron chi connectivity index (χ1n) is 10.9. The molecule has 0 saturated heterocycles. The summed E-state index contributed by atoms with van der Waals surface area (Å²) in [5.41, 5.74) is 5.02. The van der Waals surface area contributed by atoms with Gasteiger partial charge in [-0.15, -0.1) is 5.10 Å². The molecule has 0 radical (unpaired) electrons. The molecule has 2 aliphatic rings. The summed E-state index contributed by atoms with van der Waals surface area (Å²) in [6.45, 7) is 2.71. The molecule has 0 bridgehead atoms. The van der Waals surface area contributed by atoms with Crippen molar-refractivity contribution in [3.63, 3.8) is 0 Å². The molecular weight excluding hydrogens is 416 g/mol. The Kier molecular flexibility index (Phi) is 5.38. The Morgan fingerprint density at radius 3 is 2.39 bits per heavy atom. The molecule has 1 atom stereocenters. The molecule has 0 saturated carbocycles. The van der Waals surface area contributed by atoms with Crippen LogP contribution in [0, 0.1) is 6.92 Å². The van der Waals surface area contributed by atoms with E-state index in [1.807, 2.05) is 59.6 Å². The fraction of sp³-hybridized carbons (Fsp3) is 0.231. The highest BCUT2D eigenvalue weighted by Crippen LogP contribution is 2.43.